The summed E-state index contributed by atoms with van der Waals surface area (Å²) in [5.74, 6) is -0.619. The molecular formula is C25H19F2N3O2. The Morgan fingerprint density at radius 3 is 2.47 bits per heavy atom. The van der Waals surface area contributed by atoms with Gasteiger partial charge in [-0.15, -0.1) is 0 Å². The Hall–Kier alpha value is -4.00. The van der Waals surface area contributed by atoms with Crippen molar-refractivity contribution in [2.24, 2.45) is 0 Å². The molecule has 5 nitrogen and oxygen atoms in total. The van der Waals surface area contributed by atoms with E-state index in [9.17, 15) is 13.9 Å². The summed E-state index contributed by atoms with van der Waals surface area (Å²) in [7, 11) is 0. The fourth-order valence-electron chi connectivity index (χ4n) is 3.75. The average molecular weight is 431 g/mol. The molecule has 1 N–H and O–H groups in total. The zero-order chi connectivity index (χ0) is 22.2. The van der Waals surface area contributed by atoms with Crippen LogP contribution in [0.25, 0.3) is 16.9 Å². The molecule has 160 valence electrons. The number of halogens is 2. The van der Waals surface area contributed by atoms with E-state index < -0.39 is 11.6 Å². The van der Waals surface area contributed by atoms with Gasteiger partial charge >= 0.3 is 0 Å². The number of hydrogen-bond acceptors (Lipinski definition) is 4. The van der Waals surface area contributed by atoms with E-state index >= 15 is 0 Å². The van der Waals surface area contributed by atoms with Crippen molar-refractivity contribution in [3.63, 3.8) is 0 Å². The number of hydrogen-bond donors (Lipinski definition) is 1. The summed E-state index contributed by atoms with van der Waals surface area (Å²) in [4.78, 5) is 9.22. The first-order chi connectivity index (χ1) is 15.5. The molecular weight excluding hydrogens is 412 g/mol. The molecule has 7 heteroatoms. The van der Waals surface area contributed by atoms with E-state index in [1.165, 1.54) is 22.7 Å². The van der Waals surface area contributed by atoms with Crippen molar-refractivity contribution < 1.29 is 18.3 Å². The lowest BCUT2D eigenvalue weighted by Gasteiger charge is -2.09. The quantitative estimate of drug-likeness (QED) is 0.401. The van der Waals surface area contributed by atoms with Gasteiger partial charge in [-0.3, -0.25) is 4.40 Å². The molecule has 0 spiro atoms. The Morgan fingerprint density at radius 1 is 0.906 bits per heavy atom. The second kappa shape index (κ2) is 7.92. The maximum Gasteiger partial charge on any atom is 0.219 e. The molecule has 0 fully saturated rings. The number of furan rings is 1. The average Bonchev–Trinajstić information content (AvgIpc) is 3.34. The Kier molecular flexibility index (Phi) is 4.93. The highest BCUT2D eigenvalue weighted by atomic mass is 19.2. The van der Waals surface area contributed by atoms with Gasteiger partial charge in [0.25, 0.3) is 0 Å². The Balaban J connectivity index is 1.68. The van der Waals surface area contributed by atoms with Crippen LogP contribution in [0.2, 0.25) is 0 Å². The van der Waals surface area contributed by atoms with Gasteiger partial charge in [-0.25, -0.2) is 18.7 Å². The lowest BCUT2D eigenvalue weighted by atomic mass is 10.1. The van der Waals surface area contributed by atoms with Crippen molar-refractivity contribution in [1.82, 2.24) is 14.4 Å². The molecule has 0 aliphatic heterocycles. The largest absolute Gasteiger partial charge is 0.493 e. The van der Waals surface area contributed by atoms with Crippen LogP contribution < -0.4 is 0 Å². The molecule has 0 atom stereocenters. The molecule has 3 aromatic heterocycles. The minimum atomic E-state index is -0.990. The predicted molar refractivity (Wildman–Crippen MR) is 116 cm³/mol. The Morgan fingerprint density at radius 2 is 1.72 bits per heavy atom. The van der Waals surface area contributed by atoms with Crippen LogP contribution in [0.15, 0.2) is 71.3 Å². The summed E-state index contributed by atoms with van der Waals surface area (Å²) < 4.78 is 35.5. The number of aryl methyl sites for hydroxylation is 1. The molecule has 2 aromatic carbocycles. The molecule has 0 radical (unpaired) electrons. The Labute approximate surface area is 182 Å². The van der Waals surface area contributed by atoms with Gasteiger partial charge in [0, 0.05) is 18.2 Å². The zero-order valence-electron chi connectivity index (χ0n) is 17.2. The van der Waals surface area contributed by atoms with E-state index in [0.29, 0.717) is 29.2 Å². The van der Waals surface area contributed by atoms with E-state index in [2.05, 4.69) is 9.97 Å². The van der Waals surface area contributed by atoms with Gasteiger partial charge in [0.05, 0.1) is 17.8 Å². The van der Waals surface area contributed by atoms with Crippen molar-refractivity contribution in [3.8, 4) is 17.1 Å². The van der Waals surface area contributed by atoms with Crippen LogP contribution in [0, 0.1) is 18.6 Å². The van der Waals surface area contributed by atoms with Crippen LogP contribution in [0.3, 0.4) is 0 Å². The summed E-state index contributed by atoms with van der Waals surface area (Å²) in [6.45, 7) is 1.84. The highest BCUT2D eigenvalue weighted by Crippen LogP contribution is 2.30. The first-order valence-corrected chi connectivity index (χ1v) is 10.1. The van der Waals surface area contributed by atoms with Crippen molar-refractivity contribution in [2.45, 2.75) is 19.8 Å². The number of aromatic hydroxyl groups is 1. The third kappa shape index (κ3) is 3.62. The van der Waals surface area contributed by atoms with Gasteiger partial charge < -0.3 is 9.52 Å². The fraction of sp³-hybridized carbons (Fsp3) is 0.120. The number of imidazole rings is 1. The molecule has 5 aromatic rings. The summed E-state index contributed by atoms with van der Waals surface area (Å²) >= 11 is 0. The maximum absolute atomic E-state index is 14.5. The van der Waals surface area contributed by atoms with Crippen molar-refractivity contribution >= 4 is 5.65 Å². The molecule has 0 aliphatic carbocycles. The van der Waals surface area contributed by atoms with Gasteiger partial charge in [-0.1, -0.05) is 36.4 Å². The molecule has 3 heterocycles. The summed E-state index contributed by atoms with van der Waals surface area (Å²) in [5, 5.41) is 10.9. The number of rotatable bonds is 5. The van der Waals surface area contributed by atoms with Crippen molar-refractivity contribution in [2.75, 3.05) is 0 Å². The van der Waals surface area contributed by atoms with Gasteiger partial charge in [0.1, 0.15) is 17.2 Å². The fourth-order valence-corrected chi connectivity index (χ4v) is 3.75. The molecule has 0 unspecified atom stereocenters. The lowest BCUT2D eigenvalue weighted by Crippen LogP contribution is -2.02. The van der Waals surface area contributed by atoms with Gasteiger partial charge in [0.15, 0.2) is 17.3 Å². The smallest absolute Gasteiger partial charge is 0.219 e. The topological polar surface area (TPSA) is 63.6 Å². The monoisotopic (exact) mass is 431 g/mol. The molecule has 0 saturated heterocycles. The Bertz CT molecular complexity index is 1420. The SMILES string of the molecule is Cc1ccc(Cc2nc3c(Cc4ccccc4)nc(-c4cccc(F)c4F)cn3c2O)o1. The predicted octanol–water partition coefficient (Wildman–Crippen LogP) is 5.46. The van der Waals surface area contributed by atoms with Crippen LogP contribution in [-0.4, -0.2) is 19.5 Å². The standard InChI is InChI=1S/C25H19F2N3O2/c1-15-10-11-17(32-15)13-21-25(31)30-14-22(18-8-5-9-19(26)23(18)27)28-20(24(30)29-21)12-16-6-3-2-4-7-16/h2-11,14,31H,12-13H2,1H3. The minimum absolute atomic E-state index is 0.0116. The summed E-state index contributed by atoms with van der Waals surface area (Å²) in [5.41, 5.74) is 2.59. The van der Waals surface area contributed by atoms with Gasteiger partial charge in [-0.05, 0) is 36.8 Å². The highest BCUT2D eigenvalue weighted by molar-refractivity contribution is 5.64. The normalized spacial score (nSPS) is 11.3. The second-order valence-electron chi connectivity index (χ2n) is 7.60. The molecule has 0 aliphatic rings. The van der Waals surface area contributed by atoms with E-state index in [-0.39, 0.29) is 23.6 Å². The van der Waals surface area contributed by atoms with Gasteiger partial charge in [0.2, 0.25) is 5.88 Å². The third-order valence-corrected chi connectivity index (χ3v) is 5.30. The number of benzene rings is 2. The minimum Gasteiger partial charge on any atom is -0.493 e. The molecule has 0 bridgehead atoms. The van der Waals surface area contributed by atoms with Gasteiger partial charge in [-0.2, -0.15) is 0 Å². The van der Waals surface area contributed by atoms with Crippen molar-refractivity contribution in [3.05, 3.63) is 107 Å². The molecule has 0 amide bonds. The summed E-state index contributed by atoms with van der Waals surface area (Å²) in [6.07, 6.45) is 2.17. The molecule has 5 rings (SSSR count). The number of nitrogens with zero attached hydrogens (tertiary/aromatic N) is 3. The van der Waals surface area contributed by atoms with E-state index in [1.54, 1.807) is 0 Å². The van der Waals surface area contributed by atoms with Crippen LogP contribution in [0.5, 0.6) is 5.88 Å². The van der Waals surface area contributed by atoms with Crippen LogP contribution in [-0.2, 0) is 12.8 Å². The van der Waals surface area contributed by atoms with Crippen LogP contribution >= 0.6 is 0 Å². The molecule has 0 saturated carbocycles. The zero-order valence-corrected chi connectivity index (χ0v) is 17.2. The first kappa shape index (κ1) is 19.9. The third-order valence-electron chi connectivity index (χ3n) is 5.30. The summed E-state index contributed by atoms with van der Waals surface area (Å²) in [6, 6.07) is 17.2. The second-order valence-corrected chi connectivity index (χ2v) is 7.60. The number of fused-ring (bicyclic) bond motifs is 1. The van der Waals surface area contributed by atoms with E-state index in [4.69, 9.17) is 4.42 Å². The number of aromatic nitrogens is 3. The lowest BCUT2D eigenvalue weighted by molar-refractivity contribution is 0.436. The maximum atomic E-state index is 14.5. The van der Waals surface area contributed by atoms with E-state index in [0.717, 1.165) is 17.4 Å². The van der Waals surface area contributed by atoms with E-state index in [1.807, 2.05) is 49.4 Å². The van der Waals surface area contributed by atoms with Crippen molar-refractivity contribution in [1.29, 1.82) is 0 Å². The first-order valence-electron chi connectivity index (χ1n) is 10.1. The molecule has 32 heavy (non-hydrogen) atoms. The van der Waals surface area contributed by atoms with Crippen LogP contribution in [0.1, 0.15) is 28.5 Å². The highest BCUT2D eigenvalue weighted by Gasteiger charge is 2.20. The van der Waals surface area contributed by atoms with Crippen LogP contribution in [0.4, 0.5) is 8.78 Å².